The van der Waals surface area contributed by atoms with Crippen molar-refractivity contribution in [1.82, 2.24) is 0 Å². The molecule has 0 N–H and O–H groups in total. The average Bonchev–Trinajstić information content (AvgIpc) is 2.85. The minimum Gasteiger partial charge on any atom is -0.445 e. The SMILES string of the molecule is Fc1cc([B-](F)(F)F)ccc1C1CC1.[K+]. The zero-order valence-electron chi connectivity index (χ0n) is 8.31. The first-order valence-corrected chi connectivity index (χ1v) is 4.48. The van der Waals surface area contributed by atoms with Crippen LogP contribution in [0.2, 0.25) is 0 Å². The van der Waals surface area contributed by atoms with Crippen LogP contribution in [0, 0.1) is 5.82 Å². The molecule has 1 fully saturated rings. The largest absolute Gasteiger partial charge is 1.00 e. The van der Waals surface area contributed by atoms with Crippen LogP contribution in [0.25, 0.3) is 0 Å². The van der Waals surface area contributed by atoms with Crippen molar-refractivity contribution >= 4 is 12.4 Å². The van der Waals surface area contributed by atoms with Crippen LogP contribution in [0.1, 0.15) is 24.3 Å². The maximum atomic E-state index is 13.2. The summed E-state index contributed by atoms with van der Waals surface area (Å²) in [6, 6.07) is 2.84. The van der Waals surface area contributed by atoms with E-state index in [9.17, 15) is 17.3 Å². The normalized spacial score (nSPS) is 16.0. The van der Waals surface area contributed by atoms with Gasteiger partial charge in [-0.25, -0.2) is 4.39 Å². The molecule has 15 heavy (non-hydrogen) atoms. The molecule has 1 aliphatic carbocycles. The third kappa shape index (κ3) is 3.30. The van der Waals surface area contributed by atoms with E-state index in [0.29, 0.717) is 11.6 Å². The maximum absolute atomic E-state index is 13.2. The van der Waals surface area contributed by atoms with E-state index in [1.54, 1.807) is 0 Å². The number of benzene rings is 1. The van der Waals surface area contributed by atoms with Crippen molar-refractivity contribution in [2.75, 3.05) is 0 Å². The summed E-state index contributed by atoms with van der Waals surface area (Å²) >= 11 is 0. The standard InChI is InChI=1S/C9H8BF4.K/c11-9-5-7(10(12,13)14)3-4-8(9)6-1-2-6;/h3-6H,1-2H2;/q-1;+1. The molecule has 0 aromatic heterocycles. The molecule has 1 aliphatic rings. The smallest absolute Gasteiger partial charge is 0.445 e. The Balaban J connectivity index is 0.00000112. The second-order valence-corrected chi connectivity index (χ2v) is 3.63. The van der Waals surface area contributed by atoms with Gasteiger partial charge in [0.1, 0.15) is 5.82 Å². The topological polar surface area (TPSA) is 0 Å². The van der Waals surface area contributed by atoms with Crippen LogP contribution in [0.5, 0.6) is 0 Å². The average molecular weight is 242 g/mol. The van der Waals surface area contributed by atoms with Crippen LogP contribution in [0.3, 0.4) is 0 Å². The summed E-state index contributed by atoms with van der Waals surface area (Å²) in [5, 5.41) is 0. The third-order valence-electron chi connectivity index (χ3n) is 2.42. The van der Waals surface area contributed by atoms with Gasteiger partial charge < -0.3 is 12.9 Å². The van der Waals surface area contributed by atoms with Gasteiger partial charge in [-0.05, 0) is 24.3 Å². The first kappa shape index (κ1) is 13.7. The molecule has 0 saturated heterocycles. The molecule has 1 aromatic rings. The number of hydrogen-bond acceptors (Lipinski definition) is 0. The molecule has 6 heteroatoms. The van der Waals surface area contributed by atoms with E-state index in [1.165, 1.54) is 6.07 Å². The molecule has 0 nitrogen and oxygen atoms in total. The van der Waals surface area contributed by atoms with Crippen LogP contribution >= 0.6 is 0 Å². The summed E-state index contributed by atoms with van der Waals surface area (Å²) in [5.41, 5.74) is -0.430. The van der Waals surface area contributed by atoms with Gasteiger partial charge in [-0.15, -0.1) is 5.46 Å². The summed E-state index contributed by atoms with van der Waals surface area (Å²) in [7, 11) is 0. The molecule has 0 atom stereocenters. The van der Waals surface area contributed by atoms with Gasteiger partial charge in [0, 0.05) is 0 Å². The summed E-state index contributed by atoms with van der Waals surface area (Å²) < 4.78 is 49.8. The van der Waals surface area contributed by atoms with Gasteiger partial charge >= 0.3 is 58.4 Å². The number of rotatable bonds is 2. The first-order valence-electron chi connectivity index (χ1n) is 4.48. The predicted molar refractivity (Wildman–Crippen MR) is 47.1 cm³/mol. The van der Waals surface area contributed by atoms with E-state index in [0.717, 1.165) is 18.9 Å². The quantitative estimate of drug-likeness (QED) is 0.496. The minimum absolute atomic E-state index is 0. The Morgan fingerprint density at radius 2 is 1.73 bits per heavy atom. The molecule has 0 bridgehead atoms. The summed E-state index contributed by atoms with van der Waals surface area (Å²) in [6.45, 7) is -5.08. The first-order chi connectivity index (χ1) is 6.48. The van der Waals surface area contributed by atoms with Crippen LogP contribution in [-0.4, -0.2) is 6.98 Å². The Morgan fingerprint density at radius 3 is 2.13 bits per heavy atom. The van der Waals surface area contributed by atoms with Crippen molar-refractivity contribution < 1.29 is 68.7 Å². The van der Waals surface area contributed by atoms with Crippen molar-refractivity contribution in [3.63, 3.8) is 0 Å². The Bertz CT molecular complexity index is 360. The summed E-state index contributed by atoms with van der Waals surface area (Å²) in [6.07, 6.45) is 1.76. The molecular weight excluding hydrogens is 234 g/mol. The molecule has 2 rings (SSSR count). The van der Waals surface area contributed by atoms with Crippen LogP contribution in [0.4, 0.5) is 17.3 Å². The van der Waals surface area contributed by atoms with Gasteiger partial charge in [0.25, 0.3) is 0 Å². The van der Waals surface area contributed by atoms with Crippen LogP contribution < -0.4 is 56.8 Å². The van der Waals surface area contributed by atoms with E-state index in [4.69, 9.17) is 0 Å². The Kier molecular flexibility index (Phi) is 4.45. The van der Waals surface area contributed by atoms with Crippen molar-refractivity contribution in [3.8, 4) is 0 Å². The maximum Gasteiger partial charge on any atom is 1.00 e. The van der Waals surface area contributed by atoms with E-state index >= 15 is 0 Å². The van der Waals surface area contributed by atoms with E-state index < -0.39 is 18.3 Å². The third-order valence-corrected chi connectivity index (χ3v) is 2.42. The minimum atomic E-state index is -5.08. The molecule has 0 amide bonds. The zero-order valence-corrected chi connectivity index (χ0v) is 11.4. The molecule has 1 saturated carbocycles. The molecule has 0 radical (unpaired) electrons. The number of hydrogen-bond donors (Lipinski definition) is 0. The van der Waals surface area contributed by atoms with Crippen LogP contribution in [-0.2, 0) is 0 Å². The second-order valence-electron chi connectivity index (χ2n) is 3.63. The van der Waals surface area contributed by atoms with Gasteiger partial charge in [-0.2, -0.15) is 0 Å². The van der Waals surface area contributed by atoms with Gasteiger partial charge in [-0.3, -0.25) is 0 Å². The summed E-state index contributed by atoms with van der Waals surface area (Å²) in [5.74, 6) is -0.575. The molecule has 0 heterocycles. The Labute approximate surface area is 128 Å². The fraction of sp³-hybridized carbons (Fsp3) is 0.333. The Hall–Kier alpha value is 0.641. The monoisotopic (exact) mass is 242 g/mol. The molecule has 0 aliphatic heterocycles. The Morgan fingerprint density at radius 1 is 1.13 bits per heavy atom. The van der Waals surface area contributed by atoms with E-state index in [-0.39, 0.29) is 57.3 Å². The van der Waals surface area contributed by atoms with Crippen molar-refractivity contribution in [2.45, 2.75) is 18.8 Å². The molecule has 0 unspecified atom stereocenters. The fourth-order valence-electron chi connectivity index (χ4n) is 1.47. The van der Waals surface area contributed by atoms with E-state index in [2.05, 4.69) is 0 Å². The van der Waals surface area contributed by atoms with Gasteiger partial charge in [0.2, 0.25) is 0 Å². The van der Waals surface area contributed by atoms with Crippen molar-refractivity contribution in [1.29, 1.82) is 0 Å². The zero-order chi connectivity index (χ0) is 10.3. The van der Waals surface area contributed by atoms with Gasteiger partial charge in [-0.1, -0.05) is 18.2 Å². The summed E-state index contributed by atoms with van der Waals surface area (Å²) in [4.78, 5) is 0. The van der Waals surface area contributed by atoms with Crippen molar-refractivity contribution in [2.24, 2.45) is 0 Å². The van der Waals surface area contributed by atoms with Gasteiger partial charge in [0.15, 0.2) is 0 Å². The van der Waals surface area contributed by atoms with Crippen molar-refractivity contribution in [3.05, 3.63) is 29.6 Å². The van der Waals surface area contributed by atoms with Gasteiger partial charge in [0.05, 0.1) is 0 Å². The molecule has 1 aromatic carbocycles. The van der Waals surface area contributed by atoms with Crippen LogP contribution in [0.15, 0.2) is 18.2 Å². The second kappa shape index (κ2) is 4.87. The fourth-order valence-corrected chi connectivity index (χ4v) is 1.47. The predicted octanol–water partition coefficient (Wildman–Crippen LogP) is -0.239. The number of halogens is 4. The molecular formula is C9H8BF4K. The van der Waals surface area contributed by atoms with E-state index in [1.807, 2.05) is 0 Å². The molecule has 0 spiro atoms. The molecule has 76 valence electrons.